The topological polar surface area (TPSA) is 109 Å². The zero-order chi connectivity index (χ0) is 33.1. The van der Waals surface area contributed by atoms with Crippen molar-refractivity contribution < 1.29 is 23.9 Å². The predicted molar refractivity (Wildman–Crippen MR) is 184 cm³/mol. The van der Waals surface area contributed by atoms with Crippen molar-refractivity contribution in [1.82, 2.24) is 20.9 Å². The average Bonchev–Trinajstić information content (AvgIpc) is 3.68. The summed E-state index contributed by atoms with van der Waals surface area (Å²) in [5.41, 5.74) is 4.62. The number of thioether (sulfide) groups is 1. The highest BCUT2D eigenvalue weighted by molar-refractivity contribution is 7.99. The molecule has 4 aliphatic rings. The molecule has 0 aromatic heterocycles. The lowest BCUT2D eigenvalue weighted by Gasteiger charge is -2.35. The number of benzene rings is 2. The van der Waals surface area contributed by atoms with Gasteiger partial charge in [0.05, 0.1) is 29.7 Å². The Morgan fingerprint density at radius 1 is 0.957 bits per heavy atom. The van der Waals surface area contributed by atoms with E-state index in [4.69, 9.17) is 9.47 Å². The first-order chi connectivity index (χ1) is 22.7. The third-order valence-corrected chi connectivity index (χ3v) is 11.7. The van der Waals surface area contributed by atoms with Crippen molar-refractivity contribution in [3.05, 3.63) is 70.8 Å². The second-order valence-electron chi connectivity index (χ2n) is 14.2. The van der Waals surface area contributed by atoms with Gasteiger partial charge >= 0.3 is 0 Å². The van der Waals surface area contributed by atoms with Crippen LogP contribution in [-0.4, -0.2) is 84.3 Å². The van der Waals surface area contributed by atoms with Crippen LogP contribution in [0.4, 0.5) is 0 Å². The Hall–Kier alpha value is -2.92. The SMILES string of the molecule is CN[C@@H](C)C(=O)N[C@H]1CCS[C@H]2CC(C)(C)[C@@H](C(=O)N[C@H]3c4ccccc4C[C@H]3OCCCCOC3Cc4ccccc4C3)N2C1=O. The number of amides is 3. The van der Waals surface area contributed by atoms with Gasteiger partial charge in [-0.1, -0.05) is 62.4 Å². The first-order valence-electron chi connectivity index (χ1n) is 17.3. The maximum Gasteiger partial charge on any atom is 0.246 e. The number of unbranched alkanes of at least 4 members (excludes halogenated alkanes) is 1. The Balaban J connectivity index is 1.07. The summed E-state index contributed by atoms with van der Waals surface area (Å²) in [6.45, 7) is 7.20. The first-order valence-corrected chi connectivity index (χ1v) is 18.3. The molecule has 254 valence electrons. The Bertz CT molecular complexity index is 1430. The number of nitrogens with one attached hydrogen (secondary N) is 3. The molecule has 0 unspecified atom stereocenters. The molecule has 0 spiro atoms. The molecule has 2 aliphatic carbocycles. The van der Waals surface area contributed by atoms with Crippen LogP contribution in [0.25, 0.3) is 0 Å². The van der Waals surface area contributed by atoms with E-state index in [2.05, 4.69) is 66.2 Å². The Kier molecular flexibility index (Phi) is 10.6. The summed E-state index contributed by atoms with van der Waals surface area (Å²) >= 11 is 1.70. The summed E-state index contributed by atoms with van der Waals surface area (Å²) in [4.78, 5) is 42.8. The highest BCUT2D eigenvalue weighted by Gasteiger charge is 2.55. The van der Waals surface area contributed by atoms with E-state index in [9.17, 15) is 14.4 Å². The second kappa shape index (κ2) is 14.7. The van der Waals surface area contributed by atoms with Gasteiger partial charge in [-0.25, -0.2) is 0 Å². The quantitative estimate of drug-likeness (QED) is 0.296. The molecule has 9 nitrogen and oxygen atoms in total. The van der Waals surface area contributed by atoms with Crippen LogP contribution in [0.5, 0.6) is 0 Å². The minimum absolute atomic E-state index is 0.111. The zero-order valence-corrected chi connectivity index (χ0v) is 28.9. The highest BCUT2D eigenvalue weighted by atomic mass is 32.2. The minimum Gasteiger partial charge on any atom is -0.378 e. The predicted octanol–water partition coefficient (Wildman–Crippen LogP) is 3.93. The lowest BCUT2D eigenvalue weighted by atomic mass is 9.83. The Morgan fingerprint density at radius 2 is 1.62 bits per heavy atom. The maximum absolute atomic E-state index is 14.3. The number of hydrogen-bond donors (Lipinski definition) is 3. The first kappa shape index (κ1) is 34.0. The fourth-order valence-corrected chi connectivity index (χ4v) is 9.30. The summed E-state index contributed by atoms with van der Waals surface area (Å²) in [5, 5.41) is 9.12. The maximum atomic E-state index is 14.3. The van der Waals surface area contributed by atoms with Crippen LogP contribution >= 0.6 is 11.8 Å². The number of likely N-dealkylation sites (N-methyl/N-ethyl adjacent to an activating group) is 1. The highest BCUT2D eigenvalue weighted by Crippen LogP contribution is 2.47. The van der Waals surface area contributed by atoms with Crippen LogP contribution in [0, 0.1) is 5.41 Å². The molecule has 47 heavy (non-hydrogen) atoms. The van der Waals surface area contributed by atoms with Crippen LogP contribution in [-0.2, 0) is 43.1 Å². The molecule has 0 saturated carbocycles. The van der Waals surface area contributed by atoms with Gasteiger partial charge in [-0.2, -0.15) is 0 Å². The molecule has 6 atom stereocenters. The van der Waals surface area contributed by atoms with Crippen molar-refractivity contribution in [2.24, 2.45) is 5.41 Å². The van der Waals surface area contributed by atoms with E-state index < -0.39 is 23.5 Å². The van der Waals surface area contributed by atoms with Crippen molar-refractivity contribution in [2.75, 3.05) is 26.0 Å². The molecular weight excluding hydrogens is 612 g/mol. The lowest BCUT2D eigenvalue weighted by molar-refractivity contribution is -0.144. The third-order valence-electron chi connectivity index (χ3n) is 10.4. The van der Waals surface area contributed by atoms with Crippen molar-refractivity contribution in [2.45, 2.75) is 107 Å². The van der Waals surface area contributed by atoms with Crippen molar-refractivity contribution >= 4 is 29.5 Å². The molecule has 0 radical (unpaired) electrons. The minimum atomic E-state index is -0.656. The Labute approximate surface area is 283 Å². The summed E-state index contributed by atoms with van der Waals surface area (Å²) in [7, 11) is 1.72. The van der Waals surface area contributed by atoms with E-state index in [0.717, 1.165) is 43.4 Å². The Morgan fingerprint density at radius 3 is 2.32 bits per heavy atom. The molecule has 2 aromatic rings. The smallest absolute Gasteiger partial charge is 0.246 e. The standard InChI is InChI=1S/C37H50N4O5S/c1-23(38-4)34(42)39-29-15-18-47-31-22-37(2,3)33(41(31)36(29)44)35(43)40-32-28-14-8-7-13-26(28)21-30(32)46-17-10-9-16-45-27-19-24-11-5-6-12-25(24)20-27/h5-8,11-14,23,27,29-33,38H,9-10,15-22H2,1-4H3,(H,39,42)(H,40,43)/t23-,29-,30+,31-,32-,33+/m0/s1. The monoisotopic (exact) mass is 662 g/mol. The fourth-order valence-electron chi connectivity index (χ4n) is 7.72. The van der Waals surface area contributed by atoms with Gasteiger partial charge in [0.1, 0.15) is 12.1 Å². The molecule has 2 aliphatic heterocycles. The number of rotatable bonds is 12. The molecular formula is C37H50N4O5S. The van der Waals surface area contributed by atoms with Crippen LogP contribution < -0.4 is 16.0 Å². The molecule has 2 aromatic carbocycles. The zero-order valence-electron chi connectivity index (χ0n) is 28.1. The lowest BCUT2D eigenvalue weighted by Crippen LogP contribution is -2.58. The second-order valence-corrected chi connectivity index (χ2v) is 15.5. The molecule has 2 fully saturated rings. The van der Waals surface area contributed by atoms with E-state index in [-0.39, 0.29) is 41.3 Å². The summed E-state index contributed by atoms with van der Waals surface area (Å²) in [6.07, 6.45) is 5.82. The molecule has 3 N–H and O–H groups in total. The fraction of sp³-hybridized carbons (Fsp3) is 0.595. The van der Waals surface area contributed by atoms with E-state index in [0.29, 0.717) is 26.1 Å². The van der Waals surface area contributed by atoms with Crippen LogP contribution in [0.2, 0.25) is 0 Å². The average molecular weight is 663 g/mol. The van der Waals surface area contributed by atoms with Crippen LogP contribution in [0.15, 0.2) is 48.5 Å². The van der Waals surface area contributed by atoms with Gasteiger partial charge in [0.25, 0.3) is 0 Å². The van der Waals surface area contributed by atoms with Crippen molar-refractivity contribution in [3.8, 4) is 0 Å². The normalized spacial score (nSPS) is 27.1. The molecule has 6 rings (SSSR count). The van der Waals surface area contributed by atoms with Crippen LogP contribution in [0.3, 0.4) is 0 Å². The molecule has 3 amide bonds. The van der Waals surface area contributed by atoms with Crippen molar-refractivity contribution in [3.63, 3.8) is 0 Å². The number of fused-ring (bicyclic) bond motifs is 3. The molecule has 2 saturated heterocycles. The largest absolute Gasteiger partial charge is 0.378 e. The van der Waals surface area contributed by atoms with Crippen molar-refractivity contribution in [1.29, 1.82) is 0 Å². The van der Waals surface area contributed by atoms with Gasteiger partial charge in [0, 0.05) is 19.6 Å². The molecule has 0 bridgehead atoms. The van der Waals surface area contributed by atoms with Gasteiger partial charge in [0.15, 0.2) is 0 Å². The number of hydrogen-bond acceptors (Lipinski definition) is 7. The molecule has 2 heterocycles. The third kappa shape index (κ3) is 7.41. The number of carbonyl (C=O) groups is 3. The number of ether oxygens (including phenoxy) is 2. The van der Waals surface area contributed by atoms with Gasteiger partial charge in [-0.15, -0.1) is 11.8 Å². The van der Waals surface area contributed by atoms with E-state index in [1.807, 2.05) is 12.1 Å². The van der Waals surface area contributed by atoms with E-state index >= 15 is 0 Å². The summed E-state index contributed by atoms with van der Waals surface area (Å²) in [6, 6.07) is 14.8. The molecule has 10 heteroatoms. The van der Waals surface area contributed by atoms with E-state index in [1.165, 1.54) is 16.7 Å². The summed E-state index contributed by atoms with van der Waals surface area (Å²) < 4.78 is 12.7. The number of carbonyl (C=O) groups excluding carboxylic acids is 3. The van der Waals surface area contributed by atoms with E-state index in [1.54, 1.807) is 30.6 Å². The number of nitrogens with zero attached hydrogens (tertiary/aromatic N) is 1. The van der Waals surface area contributed by atoms with Gasteiger partial charge in [-0.05, 0) is 85.9 Å². The van der Waals surface area contributed by atoms with Crippen LogP contribution in [0.1, 0.15) is 74.8 Å². The summed E-state index contributed by atoms with van der Waals surface area (Å²) in [5.74, 6) is 0.183. The van der Waals surface area contributed by atoms with Gasteiger partial charge < -0.3 is 30.3 Å². The van der Waals surface area contributed by atoms with Gasteiger partial charge in [-0.3, -0.25) is 14.4 Å². The van der Waals surface area contributed by atoms with Gasteiger partial charge in [0.2, 0.25) is 17.7 Å².